The lowest BCUT2D eigenvalue weighted by Gasteiger charge is -2.47. The predicted octanol–water partition coefficient (Wildman–Crippen LogP) is 7.63. The van der Waals surface area contributed by atoms with Crippen molar-refractivity contribution in [3.05, 3.63) is 34.9 Å². The molecule has 0 saturated heterocycles. The van der Waals surface area contributed by atoms with Gasteiger partial charge >= 0.3 is 6.18 Å². The van der Waals surface area contributed by atoms with E-state index in [1.54, 1.807) is 12.1 Å². The third kappa shape index (κ3) is 5.76. The van der Waals surface area contributed by atoms with Crippen LogP contribution >= 0.6 is 0 Å². The van der Waals surface area contributed by atoms with Gasteiger partial charge in [-0.3, -0.25) is 4.79 Å². The van der Waals surface area contributed by atoms with Crippen molar-refractivity contribution >= 4 is 5.78 Å². The number of ether oxygens (including phenoxy) is 2. The molecule has 2 atom stereocenters. The van der Waals surface area contributed by atoms with Gasteiger partial charge in [-0.15, -0.1) is 0 Å². The predicted molar refractivity (Wildman–Crippen MR) is 135 cm³/mol. The summed E-state index contributed by atoms with van der Waals surface area (Å²) in [5.74, 6) is -0.0526. The highest BCUT2D eigenvalue weighted by atomic mass is 19.4. The molecule has 1 N–H and O–H groups in total. The maximum atomic E-state index is 13.4. The van der Waals surface area contributed by atoms with Crippen LogP contribution in [0.5, 0.6) is 11.5 Å². The molecule has 0 saturated carbocycles. The van der Waals surface area contributed by atoms with E-state index in [4.69, 9.17) is 9.47 Å². The van der Waals surface area contributed by atoms with Crippen LogP contribution in [0, 0.1) is 11.3 Å². The molecule has 202 valence electrons. The SMILES string of the molecule is CCCCOCC(C)(C)c1cc(O)c2c(c1)OC(C)(C)[C@@H]1CC=C(C(=O)CC(C)(C)C(F)(F)F)C[C@@H]21. The van der Waals surface area contributed by atoms with Gasteiger partial charge in [0.05, 0.1) is 12.0 Å². The van der Waals surface area contributed by atoms with Crippen molar-refractivity contribution in [2.24, 2.45) is 11.3 Å². The molecule has 0 radical (unpaired) electrons. The van der Waals surface area contributed by atoms with Crippen LogP contribution in [0.25, 0.3) is 0 Å². The summed E-state index contributed by atoms with van der Waals surface area (Å²) < 4.78 is 52.5. The van der Waals surface area contributed by atoms with Gasteiger partial charge in [0.1, 0.15) is 17.1 Å². The number of aromatic hydroxyl groups is 1. The third-order valence-electron chi connectivity index (χ3n) is 7.92. The maximum absolute atomic E-state index is 13.4. The lowest BCUT2D eigenvalue weighted by Crippen LogP contribution is -2.46. The Morgan fingerprint density at radius 3 is 2.47 bits per heavy atom. The Bertz CT molecular complexity index is 1000. The smallest absolute Gasteiger partial charge is 0.394 e. The highest BCUT2D eigenvalue weighted by molar-refractivity contribution is 5.96. The Morgan fingerprint density at radius 1 is 1.19 bits per heavy atom. The Labute approximate surface area is 213 Å². The number of allylic oxidation sites excluding steroid dienone is 2. The van der Waals surface area contributed by atoms with Crippen LogP contribution in [0.4, 0.5) is 13.2 Å². The number of phenolic OH excluding ortho intramolecular Hbond substituents is 1. The Kier molecular flexibility index (Phi) is 7.96. The van der Waals surface area contributed by atoms with E-state index in [1.165, 1.54) is 0 Å². The van der Waals surface area contributed by atoms with E-state index in [2.05, 4.69) is 20.8 Å². The van der Waals surface area contributed by atoms with Crippen LogP contribution in [0.3, 0.4) is 0 Å². The fourth-order valence-corrected chi connectivity index (χ4v) is 5.29. The van der Waals surface area contributed by atoms with Crippen molar-refractivity contribution < 1.29 is 32.5 Å². The summed E-state index contributed by atoms with van der Waals surface area (Å²) in [6.07, 6.45) is -0.456. The van der Waals surface area contributed by atoms with Crippen molar-refractivity contribution in [2.75, 3.05) is 13.2 Å². The minimum Gasteiger partial charge on any atom is -0.508 e. The number of hydrogen-bond donors (Lipinski definition) is 1. The zero-order valence-electron chi connectivity index (χ0n) is 22.6. The van der Waals surface area contributed by atoms with Crippen LogP contribution in [-0.2, 0) is 14.9 Å². The first kappa shape index (κ1) is 28.5. The number of hydrogen-bond acceptors (Lipinski definition) is 4. The van der Waals surface area contributed by atoms with Crippen LogP contribution in [-0.4, -0.2) is 35.9 Å². The first-order chi connectivity index (χ1) is 16.5. The zero-order valence-corrected chi connectivity index (χ0v) is 22.6. The molecular formula is C29H41F3O4. The van der Waals surface area contributed by atoms with Crippen LogP contribution in [0.1, 0.15) is 97.6 Å². The highest BCUT2D eigenvalue weighted by Gasteiger charge is 2.50. The van der Waals surface area contributed by atoms with Crippen LogP contribution in [0.2, 0.25) is 0 Å². The van der Waals surface area contributed by atoms with E-state index in [0.29, 0.717) is 36.5 Å². The molecule has 1 aromatic carbocycles. The second kappa shape index (κ2) is 10.0. The van der Waals surface area contributed by atoms with Gasteiger partial charge in [0.25, 0.3) is 0 Å². The standard InChI is InChI=1S/C29H41F3O4/c1-8-9-12-35-17-26(2,3)19-14-22(33)25-20-13-18(23(34)16-27(4,5)29(30,31)32)10-11-21(20)28(6,7)36-24(25)15-19/h10,14-15,20-21,33H,8-9,11-13,16-17H2,1-7H3/t20-,21-/m1/s1. The molecule has 0 unspecified atom stereocenters. The summed E-state index contributed by atoms with van der Waals surface area (Å²) in [6, 6.07) is 3.69. The van der Waals surface area contributed by atoms with Gasteiger partial charge in [0.15, 0.2) is 5.78 Å². The lowest BCUT2D eigenvalue weighted by atomic mass is 9.65. The summed E-state index contributed by atoms with van der Waals surface area (Å²) in [5.41, 5.74) is -1.10. The molecule has 0 amide bonds. The molecule has 0 fully saturated rings. The van der Waals surface area contributed by atoms with Gasteiger partial charge in [-0.05, 0) is 56.4 Å². The molecule has 2 aliphatic rings. The Balaban J connectivity index is 1.90. The minimum atomic E-state index is -4.46. The molecule has 1 aromatic rings. The molecule has 4 nitrogen and oxygen atoms in total. The fraction of sp³-hybridized carbons (Fsp3) is 0.690. The van der Waals surface area contributed by atoms with Crippen LogP contribution in [0.15, 0.2) is 23.8 Å². The molecule has 1 heterocycles. The molecule has 3 rings (SSSR count). The van der Waals surface area contributed by atoms with E-state index in [1.807, 2.05) is 19.9 Å². The van der Waals surface area contributed by atoms with E-state index in [-0.39, 0.29) is 29.4 Å². The second-order valence-electron chi connectivity index (χ2n) is 12.3. The monoisotopic (exact) mass is 510 g/mol. The van der Waals surface area contributed by atoms with Crippen LogP contribution < -0.4 is 4.74 Å². The van der Waals surface area contributed by atoms with Gasteiger partial charge < -0.3 is 14.6 Å². The Hall–Kier alpha value is -2.02. The summed E-state index contributed by atoms with van der Waals surface area (Å²) in [6.45, 7) is 13.5. The summed E-state index contributed by atoms with van der Waals surface area (Å²) >= 11 is 0. The molecular weight excluding hydrogens is 469 g/mol. The number of carbonyl (C=O) groups excluding carboxylic acids is 1. The van der Waals surface area contributed by atoms with Crippen molar-refractivity contribution in [1.82, 2.24) is 0 Å². The van der Waals surface area contributed by atoms with Gasteiger partial charge in [-0.1, -0.05) is 47.1 Å². The molecule has 1 aliphatic heterocycles. The zero-order chi connectivity index (χ0) is 27.1. The van der Waals surface area contributed by atoms with Gasteiger partial charge in [0.2, 0.25) is 0 Å². The second-order valence-corrected chi connectivity index (χ2v) is 12.3. The van der Waals surface area contributed by atoms with E-state index in [0.717, 1.165) is 32.3 Å². The number of halogens is 3. The number of benzene rings is 1. The van der Waals surface area contributed by atoms with E-state index in [9.17, 15) is 23.1 Å². The summed E-state index contributed by atoms with van der Waals surface area (Å²) in [5, 5.41) is 11.2. The maximum Gasteiger partial charge on any atom is 0.394 e. The van der Waals surface area contributed by atoms with Gasteiger partial charge in [0, 0.05) is 35.8 Å². The summed E-state index contributed by atoms with van der Waals surface area (Å²) in [4.78, 5) is 12.9. The largest absolute Gasteiger partial charge is 0.508 e. The first-order valence-corrected chi connectivity index (χ1v) is 12.9. The lowest BCUT2D eigenvalue weighted by molar-refractivity contribution is -0.213. The number of Topliss-reactive ketones (excluding diaryl/α,β-unsaturated/α-hetero) is 1. The number of rotatable bonds is 9. The van der Waals surface area contributed by atoms with Crippen molar-refractivity contribution in [2.45, 2.75) is 104 Å². The number of ketones is 1. The molecule has 36 heavy (non-hydrogen) atoms. The molecule has 0 bridgehead atoms. The van der Waals surface area contributed by atoms with Gasteiger partial charge in [-0.2, -0.15) is 13.2 Å². The first-order valence-electron chi connectivity index (χ1n) is 12.9. The average Bonchev–Trinajstić information content (AvgIpc) is 2.74. The molecule has 1 aliphatic carbocycles. The van der Waals surface area contributed by atoms with Crippen molar-refractivity contribution in [1.29, 1.82) is 0 Å². The number of fused-ring (bicyclic) bond motifs is 3. The quantitative estimate of drug-likeness (QED) is 0.347. The van der Waals surface area contributed by atoms with Crippen molar-refractivity contribution in [3.8, 4) is 11.5 Å². The normalized spacial score (nSPS) is 21.8. The Morgan fingerprint density at radius 2 is 1.86 bits per heavy atom. The van der Waals surface area contributed by atoms with E-state index < -0.39 is 29.4 Å². The average molecular weight is 511 g/mol. The number of phenols is 1. The van der Waals surface area contributed by atoms with Gasteiger partial charge in [-0.25, -0.2) is 0 Å². The molecule has 0 aromatic heterocycles. The topological polar surface area (TPSA) is 55.8 Å². The fourth-order valence-electron chi connectivity index (χ4n) is 5.29. The van der Waals surface area contributed by atoms with Crippen molar-refractivity contribution in [3.63, 3.8) is 0 Å². The van der Waals surface area contributed by atoms with E-state index >= 15 is 0 Å². The number of unbranched alkanes of at least 4 members (excludes halogenated alkanes) is 1. The number of carbonyl (C=O) groups is 1. The summed E-state index contributed by atoms with van der Waals surface area (Å²) in [7, 11) is 0. The number of alkyl halides is 3. The third-order valence-corrected chi connectivity index (χ3v) is 7.92. The highest BCUT2D eigenvalue weighted by Crippen LogP contribution is 2.55. The molecule has 7 heteroatoms. The molecule has 0 spiro atoms. The minimum absolute atomic E-state index is 0.0145.